The Balaban J connectivity index is 1.47. The van der Waals surface area contributed by atoms with Crippen LogP contribution in [0.15, 0.2) is 78.9 Å². The molecule has 0 heterocycles. The molecule has 0 bridgehead atoms. The molecular weight excluding hydrogens is 434 g/mol. The number of carbonyl (C=O) groups excluding carboxylic acids is 2. The second-order valence-electron chi connectivity index (χ2n) is 7.39. The largest absolute Gasteiger partial charge is 0.493 e. The first kappa shape index (κ1) is 23.9. The van der Waals surface area contributed by atoms with Crippen LogP contribution in [0.3, 0.4) is 0 Å². The molecule has 33 heavy (non-hydrogen) atoms. The van der Waals surface area contributed by atoms with Crippen LogP contribution in [0.1, 0.15) is 27.9 Å². The lowest BCUT2D eigenvalue weighted by atomic mass is 10.1. The van der Waals surface area contributed by atoms with Gasteiger partial charge in [0.25, 0.3) is 5.91 Å². The Bertz CT molecular complexity index is 1090. The van der Waals surface area contributed by atoms with Gasteiger partial charge in [-0.15, -0.1) is 0 Å². The van der Waals surface area contributed by atoms with Crippen molar-refractivity contribution in [2.45, 2.75) is 19.3 Å². The van der Waals surface area contributed by atoms with Crippen LogP contribution in [-0.2, 0) is 17.6 Å². The fourth-order valence-electron chi connectivity index (χ4n) is 3.13. The van der Waals surface area contributed by atoms with E-state index in [4.69, 9.17) is 17.0 Å². The minimum atomic E-state index is -0.316. The van der Waals surface area contributed by atoms with Gasteiger partial charge in [0.1, 0.15) is 5.75 Å². The molecule has 0 fully saturated rings. The molecule has 0 unspecified atom stereocenters. The summed E-state index contributed by atoms with van der Waals surface area (Å²) in [6.45, 7) is 0.522. The second-order valence-corrected chi connectivity index (χ2v) is 7.80. The molecule has 3 aromatic carbocycles. The summed E-state index contributed by atoms with van der Waals surface area (Å²) < 4.78 is 5.80. The minimum Gasteiger partial charge on any atom is -0.493 e. The third-order valence-electron chi connectivity index (χ3n) is 4.96. The van der Waals surface area contributed by atoms with Crippen molar-refractivity contribution in [1.82, 2.24) is 10.6 Å². The Morgan fingerprint density at radius 2 is 1.61 bits per heavy atom. The lowest BCUT2D eigenvalue weighted by molar-refractivity contribution is -0.120. The molecule has 170 valence electrons. The number of rotatable bonds is 9. The van der Waals surface area contributed by atoms with Crippen molar-refractivity contribution in [2.75, 3.05) is 19.0 Å². The molecule has 3 rings (SSSR count). The first-order valence-corrected chi connectivity index (χ1v) is 11.1. The Morgan fingerprint density at radius 1 is 0.879 bits per heavy atom. The number of amides is 2. The van der Waals surface area contributed by atoms with Gasteiger partial charge in [0.2, 0.25) is 5.91 Å². The molecule has 6 nitrogen and oxygen atoms in total. The Kier molecular flexibility index (Phi) is 8.97. The van der Waals surface area contributed by atoms with Crippen molar-refractivity contribution in [3.63, 3.8) is 0 Å². The summed E-state index contributed by atoms with van der Waals surface area (Å²) in [5, 5.41) is 8.50. The molecule has 0 saturated heterocycles. The van der Waals surface area contributed by atoms with Gasteiger partial charge in [-0.2, -0.15) is 0 Å². The standard InChI is InChI=1S/C26H27N3O3S/c1-27-24(30)15-12-20-10-13-22(14-11-20)28-26(33)29-25(31)21-8-5-9-23(18-21)32-17-16-19-6-3-2-4-7-19/h2-11,13-14,18H,12,15-17H2,1H3,(H,27,30)(H2,28,29,31,33). The quantitative estimate of drug-likeness (QED) is 0.418. The molecule has 0 aliphatic carbocycles. The van der Waals surface area contributed by atoms with E-state index in [1.165, 1.54) is 5.56 Å². The highest BCUT2D eigenvalue weighted by molar-refractivity contribution is 7.80. The van der Waals surface area contributed by atoms with E-state index in [0.717, 1.165) is 17.7 Å². The van der Waals surface area contributed by atoms with E-state index in [9.17, 15) is 9.59 Å². The van der Waals surface area contributed by atoms with E-state index in [0.29, 0.717) is 30.8 Å². The third-order valence-corrected chi connectivity index (χ3v) is 5.16. The van der Waals surface area contributed by atoms with Gasteiger partial charge >= 0.3 is 0 Å². The first-order chi connectivity index (χ1) is 16.0. The topological polar surface area (TPSA) is 79.5 Å². The van der Waals surface area contributed by atoms with Crippen LogP contribution >= 0.6 is 12.2 Å². The van der Waals surface area contributed by atoms with Gasteiger partial charge in [0, 0.05) is 31.1 Å². The average molecular weight is 462 g/mol. The number of hydrogen-bond donors (Lipinski definition) is 3. The van der Waals surface area contributed by atoms with Gasteiger partial charge < -0.3 is 15.4 Å². The Hall–Kier alpha value is -3.71. The van der Waals surface area contributed by atoms with Gasteiger partial charge in [-0.05, 0) is 60.1 Å². The van der Waals surface area contributed by atoms with Crippen LogP contribution in [0.2, 0.25) is 0 Å². The van der Waals surface area contributed by atoms with Crippen LogP contribution in [0.25, 0.3) is 0 Å². The maximum atomic E-state index is 12.6. The number of thiocarbonyl (C=S) groups is 1. The van der Waals surface area contributed by atoms with E-state index < -0.39 is 0 Å². The summed E-state index contributed by atoms with van der Waals surface area (Å²) in [5.74, 6) is 0.319. The smallest absolute Gasteiger partial charge is 0.257 e. The van der Waals surface area contributed by atoms with Gasteiger partial charge in [-0.3, -0.25) is 14.9 Å². The minimum absolute atomic E-state index is 0.00626. The first-order valence-electron chi connectivity index (χ1n) is 10.7. The Morgan fingerprint density at radius 3 is 2.33 bits per heavy atom. The number of anilines is 1. The monoisotopic (exact) mass is 461 g/mol. The van der Waals surface area contributed by atoms with Crippen LogP contribution < -0.4 is 20.7 Å². The number of hydrogen-bond acceptors (Lipinski definition) is 4. The van der Waals surface area contributed by atoms with E-state index in [-0.39, 0.29) is 16.9 Å². The molecule has 0 spiro atoms. The number of benzene rings is 3. The van der Waals surface area contributed by atoms with Gasteiger partial charge in [0.05, 0.1) is 6.61 Å². The highest BCUT2D eigenvalue weighted by Crippen LogP contribution is 2.15. The van der Waals surface area contributed by atoms with Gasteiger partial charge in [0.15, 0.2) is 5.11 Å². The highest BCUT2D eigenvalue weighted by atomic mass is 32.1. The van der Waals surface area contributed by atoms with Crippen molar-refractivity contribution in [2.24, 2.45) is 0 Å². The predicted octanol–water partition coefficient (Wildman–Crippen LogP) is 4.11. The molecule has 3 aromatic rings. The summed E-state index contributed by atoms with van der Waals surface area (Å²) in [5.41, 5.74) is 3.45. The molecular formula is C26H27N3O3S. The van der Waals surface area contributed by atoms with Crippen LogP contribution in [-0.4, -0.2) is 30.6 Å². The van der Waals surface area contributed by atoms with Crippen molar-refractivity contribution in [1.29, 1.82) is 0 Å². The fourth-order valence-corrected chi connectivity index (χ4v) is 3.34. The lowest BCUT2D eigenvalue weighted by Crippen LogP contribution is -2.34. The zero-order valence-corrected chi connectivity index (χ0v) is 19.3. The molecule has 0 radical (unpaired) electrons. The second kappa shape index (κ2) is 12.4. The summed E-state index contributed by atoms with van der Waals surface area (Å²) in [4.78, 5) is 24.0. The van der Waals surface area contributed by atoms with Crippen molar-refractivity contribution < 1.29 is 14.3 Å². The number of aryl methyl sites for hydroxylation is 1. The predicted molar refractivity (Wildman–Crippen MR) is 135 cm³/mol. The van der Waals surface area contributed by atoms with Gasteiger partial charge in [-0.25, -0.2) is 0 Å². The molecule has 3 N–H and O–H groups in total. The zero-order chi connectivity index (χ0) is 23.5. The van der Waals surface area contributed by atoms with Crippen molar-refractivity contribution in [3.8, 4) is 5.75 Å². The van der Waals surface area contributed by atoms with Crippen LogP contribution in [0.4, 0.5) is 5.69 Å². The Labute approximate surface area is 199 Å². The summed E-state index contributed by atoms with van der Waals surface area (Å²) in [6, 6.07) is 24.7. The number of ether oxygens (including phenoxy) is 1. The van der Waals surface area contributed by atoms with Gasteiger partial charge in [-0.1, -0.05) is 48.5 Å². The number of nitrogens with one attached hydrogen (secondary N) is 3. The summed E-state index contributed by atoms with van der Waals surface area (Å²) in [6.07, 6.45) is 1.88. The van der Waals surface area contributed by atoms with E-state index >= 15 is 0 Å². The molecule has 2 amide bonds. The lowest BCUT2D eigenvalue weighted by Gasteiger charge is -2.11. The van der Waals surface area contributed by atoms with Crippen molar-refractivity contribution in [3.05, 3.63) is 95.6 Å². The van der Waals surface area contributed by atoms with E-state index in [2.05, 4.69) is 28.1 Å². The fraction of sp³-hybridized carbons (Fsp3) is 0.192. The van der Waals surface area contributed by atoms with E-state index in [1.807, 2.05) is 48.5 Å². The third kappa shape index (κ3) is 8.05. The SMILES string of the molecule is CNC(=O)CCc1ccc(NC(=S)NC(=O)c2cccc(OCCc3ccccc3)c2)cc1. The highest BCUT2D eigenvalue weighted by Gasteiger charge is 2.09. The molecule has 0 saturated carbocycles. The maximum Gasteiger partial charge on any atom is 0.257 e. The zero-order valence-electron chi connectivity index (χ0n) is 18.5. The summed E-state index contributed by atoms with van der Waals surface area (Å²) >= 11 is 5.28. The number of carbonyl (C=O) groups is 2. The normalized spacial score (nSPS) is 10.2. The van der Waals surface area contributed by atoms with Crippen LogP contribution in [0.5, 0.6) is 5.75 Å². The van der Waals surface area contributed by atoms with Crippen molar-refractivity contribution >= 4 is 34.8 Å². The van der Waals surface area contributed by atoms with Crippen LogP contribution in [0, 0.1) is 0 Å². The molecule has 0 atom stereocenters. The summed E-state index contributed by atoms with van der Waals surface area (Å²) in [7, 11) is 1.62. The molecule has 0 aliphatic rings. The molecule has 7 heteroatoms. The average Bonchev–Trinajstić information content (AvgIpc) is 2.84. The van der Waals surface area contributed by atoms with E-state index in [1.54, 1.807) is 25.2 Å². The molecule has 0 aromatic heterocycles. The maximum absolute atomic E-state index is 12.6. The molecule has 0 aliphatic heterocycles.